The lowest BCUT2D eigenvalue weighted by Crippen LogP contribution is -2.34. The molecule has 0 spiro atoms. The highest BCUT2D eigenvalue weighted by Crippen LogP contribution is 2.29. The molecule has 0 aliphatic heterocycles. The van der Waals surface area contributed by atoms with Crippen LogP contribution in [0, 0.1) is 0 Å². The second-order valence-electron chi connectivity index (χ2n) is 9.52. The Kier molecular flexibility index (Phi) is 10.0. The van der Waals surface area contributed by atoms with E-state index < -0.39 is 30.4 Å². The number of hydrogen-bond donors (Lipinski definition) is 0. The lowest BCUT2D eigenvalue weighted by molar-refractivity contribution is 0.0591. The van der Waals surface area contributed by atoms with E-state index in [9.17, 15) is 4.79 Å². The van der Waals surface area contributed by atoms with Crippen LogP contribution in [0.5, 0.6) is 0 Å². The Morgan fingerprint density at radius 2 is 1.22 bits per heavy atom. The van der Waals surface area contributed by atoms with Crippen LogP contribution in [0.15, 0.2) is 0 Å². The molecule has 0 aliphatic carbocycles. The van der Waals surface area contributed by atoms with Crippen LogP contribution in [0.3, 0.4) is 0 Å². The van der Waals surface area contributed by atoms with E-state index in [1.165, 1.54) is 30.2 Å². The predicted molar refractivity (Wildman–Crippen MR) is 110 cm³/mol. The average Bonchev–Trinajstić information content (AvgIpc) is 2.40. The first kappa shape index (κ1) is 22.9. The summed E-state index contributed by atoms with van der Waals surface area (Å²) in [5.41, 5.74) is 0. The van der Waals surface area contributed by atoms with E-state index in [2.05, 4.69) is 45.8 Å². The summed E-state index contributed by atoms with van der Waals surface area (Å²) in [5.74, 6) is 0. The highest BCUT2D eigenvalue weighted by Gasteiger charge is 2.28. The van der Waals surface area contributed by atoms with Crippen LogP contribution in [0.1, 0.15) is 13.3 Å². The number of hydrogen-bond acceptors (Lipinski definition) is 3. The van der Waals surface area contributed by atoms with Gasteiger partial charge in [0.1, 0.15) is 0 Å². The van der Waals surface area contributed by atoms with E-state index in [0.29, 0.717) is 13.2 Å². The van der Waals surface area contributed by atoms with Crippen molar-refractivity contribution >= 4 is 30.4 Å². The molecule has 3 nitrogen and oxygen atoms in total. The minimum absolute atomic E-state index is 0.385. The second-order valence-corrected chi connectivity index (χ2v) is 25.8. The fraction of sp³-hybridized carbons (Fsp3) is 0.941. The SMILES string of the molecule is CCOC(=O)OCCC[Si](C)(C)CC[Si](C)(C)CC[Si](C)(C)C. The molecular weight excluding hydrogens is 336 g/mol. The summed E-state index contributed by atoms with van der Waals surface area (Å²) in [5, 5.41) is 0. The normalized spacial score (nSPS) is 13.0. The van der Waals surface area contributed by atoms with Gasteiger partial charge < -0.3 is 9.47 Å². The van der Waals surface area contributed by atoms with Crippen LogP contribution in [0.2, 0.25) is 76.0 Å². The van der Waals surface area contributed by atoms with Gasteiger partial charge >= 0.3 is 6.16 Å². The summed E-state index contributed by atoms with van der Waals surface area (Å²) in [6, 6.07) is 7.12. The molecule has 0 N–H and O–H groups in total. The zero-order valence-electron chi connectivity index (χ0n) is 16.9. The van der Waals surface area contributed by atoms with Gasteiger partial charge in [-0.25, -0.2) is 4.79 Å². The van der Waals surface area contributed by atoms with Gasteiger partial charge in [0.25, 0.3) is 0 Å². The predicted octanol–water partition coefficient (Wildman–Crippen LogP) is 6.30. The lowest BCUT2D eigenvalue weighted by Gasteiger charge is -2.30. The quantitative estimate of drug-likeness (QED) is 0.241. The second kappa shape index (κ2) is 10.0. The molecule has 0 bridgehead atoms. The van der Waals surface area contributed by atoms with Crippen LogP contribution in [-0.4, -0.2) is 43.6 Å². The zero-order chi connectivity index (χ0) is 18.1. The Labute approximate surface area is 147 Å². The standard InChI is InChI=1S/C17H40O3Si3/c1-9-19-17(18)20-11-10-12-22(5,6)15-16-23(7,8)14-13-21(2,3)4/h9-16H2,1-8H3. The molecule has 0 saturated heterocycles. The maximum atomic E-state index is 11.2. The molecule has 23 heavy (non-hydrogen) atoms. The molecule has 0 aromatic heterocycles. The van der Waals surface area contributed by atoms with E-state index in [0.717, 1.165) is 6.42 Å². The monoisotopic (exact) mass is 376 g/mol. The largest absolute Gasteiger partial charge is 0.508 e. The van der Waals surface area contributed by atoms with Crippen LogP contribution < -0.4 is 0 Å². The van der Waals surface area contributed by atoms with Gasteiger partial charge in [0.15, 0.2) is 0 Å². The van der Waals surface area contributed by atoms with E-state index in [1.807, 2.05) is 0 Å². The molecule has 0 radical (unpaired) electrons. The molecule has 0 aromatic rings. The van der Waals surface area contributed by atoms with Gasteiger partial charge in [0.2, 0.25) is 0 Å². The summed E-state index contributed by atoms with van der Waals surface area (Å²) < 4.78 is 9.85. The highest BCUT2D eigenvalue weighted by molar-refractivity contribution is 6.84. The molecule has 0 aliphatic rings. The summed E-state index contributed by atoms with van der Waals surface area (Å²) >= 11 is 0. The molecular formula is C17H40O3Si3. The van der Waals surface area contributed by atoms with Gasteiger partial charge in [-0.3, -0.25) is 0 Å². The van der Waals surface area contributed by atoms with E-state index in [1.54, 1.807) is 6.92 Å². The van der Waals surface area contributed by atoms with Gasteiger partial charge in [-0.15, -0.1) is 0 Å². The summed E-state index contributed by atoms with van der Waals surface area (Å²) in [6.07, 6.45) is 0.460. The Bertz CT molecular complexity index is 349. The minimum atomic E-state index is -1.16. The van der Waals surface area contributed by atoms with E-state index in [4.69, 9.17) is 9.47 Å². The summed E-state index contributed by atoms with van der Waals surface area (Å²) in [6.45, 7) is 20.3. The van der Waals surface area contributed by atoms with Gasteiger partial charge in [0, 0.05) is 24.2 Å². The molecule has 0 unspecified atom stereocenters. The Morgan fingerprint density at radius 1 is 0.739 bits per heavy atom. The highest BCUT2D eigenvalue weighted by atomic mass is 28.3. The van der Waals surface area contributed by atoms with Crippen molar-refractivity contribution < 1.29 is 14.3 Å². The van der Waals surface area contributed by atoms with Crippen molar-refractivity contribution in [2.24, 2.45) is 0 Å². The van der Waals surface area contributed by atoms with Crippen molar-refractivity contribution in [3.63, 3.8) is 0 Å². The molecule has 0 rings (SSSR count). The molecule has 0 heterocycles. The van der Waals surface area contributed by atoms with Gasteiger partial charge in [-0.05, 0) is 13.3 Å². The van der Waals surface area contributed by atoms with Crippen molar-refractivity contribution in [1.29, 1.82) is 0 Å². The summed E-state index contributed by atoms with van der Waals surface area (Å²) in [4.78, 5) is 11.2. The fourth-order valence-corrected chi connectivity index (χ4v) is 15.2. The maximum Gasteiger partial charge on any atom is 0.508 e. The minimum Gasteiger partial charge on any atom is -0.435 e. The Hall–Kier alpha value is -0.0794. The van der Waals surface area contributed by atoms with Gasteiger partial charge in [-0.1, -0.05) is 76.0 Å². The van der Waals surface area contributed by atoms with Crippen molar-refractivity contribution in [2.45, 2.75) is 89.4 Å². The van der Waals surface area contributed by atoms with E-state index in [-0.39, 0.29) is 0 Å². The van der Waals surface area contributed by atoms with Crippen LogP contribution in [-0.2, 0) is 9.47 Å². The number of rotatable bonds is 11. The first-order valence-electron chi connectivity index (χ1n) is 9.16. The molecule has 0 fully saturated rings. The van der Waals surface area contributed by atoms with E-state index >= 15 is 0 Å². The van der Waals surface area contributed by atoms with Crippen LogP contribution in [0.4, 0.5) is 4.79 Å². The van der Waals surface area contributed by atoms with Gasteiger partial charge in [0.05, 0.1) is 13.2 Å². The lowest BCUT2D eigenvalue weighted by atomic mass is 10.5. The maximum absolute atomic E-state index is 11.2. The average molecular weight is 377 g/mol. The third-order valence-corrected chi connectivity index (χ3v) is 13.8. The van der Waals surface area contributed by atoms with Crippen molar-refractivity contribution in [1.82, 2.24) is 0 Å². The molecule has 138 valence electrons. The first-order chi connectivity index (χ1) is 10.4. The smallest absolute Gasteiger partial charge is 0.435 e. The number of carbonyl (C=O) groups excluding carboxylic acids is 1. The molecule has 0 saturated carbocycles. The topological polar surface area (TPSA) is 35.5 Å². The molecule has 0 aromatic carbocycles. The first-order valence-corrected chi connectivity index (χ1v) is 19.7. The zero-order valence-corrected chi connectivity index (χ0v) is 19.9. The van der Waals surface area contributed by atoms with Crippen molar-refractivity contribution in [3.8, 4) is 0 Å². The van der Waals surface area contributed by atoms with Crippen molar-refractivity contribution in [2.75, 3.05) is 13.2 Å². The van der Waals surface area contributed by atoms with Crippen LogP contribution >= 0.6 is 0 Å². The third kappa shape index (κ3) is 14.0. The molecule has 0 atom stereocenters. The molecule has 6 heteroatoms. The Balaban J connectivity index is 4.04. The summed E-state index contributed by atoms with van der Waals surface area (Å²) in [7, 11) is -3.10. The Morgan fingerprint density at radius 3 is 1.70 bits per heavy atom. The van der Waals surface area contributed by atoms with Gasteiger partial charge in [-0.2, -0.15) is 0 Å². The molecule has 0 amide bonds. The number of ether oxygens (including phenoxy) is 2. The third-order valence-electron chi connectivity index (χ3n) is 4.51. The van der Waals surface area contributed by atoms with Crippen molar-refractivity contribution in [3.05, 3.63) is 0 Å². The number of carbonyl (C=O) groups is 1. The van der Waals surface area contributed by atoms with Crippen LogP contribution in [0.25, 0.3) is 0 Å². The fourth-order valence-electron chi connectivity index (χ4n) is 2.51.